The van der Waals surface area contributed by atoms with E-state index in [4.69, 9.17) is 21.1 Å². The van der Waals surface area contributed by atoms with Crippen LogP contribution in [-0.4, -0.2) is 30.4 Å². The third-order valence-corrected chi connectivity index (χ3v) is 6.41. The molecule has 1 atom stereocenters. The summed E-state index contributed by atoms with van der Waals surface area (Å²) < 4.78 is 24.8. The van der Waals surface area contributed by atoms with Gasteiger partial charge in [-0.15, -0.1) is 0 Å². The van der Waals surface area contributed by atoms with Crippen LogP contribution in [0.15, 0.2) is 103 Å². The first kappa shape index (κ1) is 27.7. The molecule has 0 saturated carbocycles. The van der Waals surface area contributed by atoms with E-state index in [9.17, 15) is 14.0 Å². The molecule has 0 fully saturated rings. The molecular weight excluding hydrogens is 519 g/mol. The van der Waals surface area contributed by atoms with Crippen molar-refractivity contribution < 1.29 is 23.5 Å². The van der Waals surface area contributed by atoms with Gasteiger partial charge in [0.1, 0.15) is 23.4 Å². The highest BCUT2D eigenvalue weighted by Crippen LogP contribution is 2.27. The van der Waals surface area contributed by atoms with Gasteiger partial charge in [0.05, 0.1) is 12.1 Å². The van der Waals surface area contributed by atoms with Crippen LogP contribution in [0.2, 0.25) is 5.02 Å². The van der Waals surface area contributed by atoms with Crippen molar-refractivity contribution in [1.29, 1.82) is 0 Å². The second-order valence-corrected chi connectivity index (χ2v) is 9.12. The second kappa shape index (κ2) is 13.4. The molecule has 0 aliphatic rings. The predicted octanol–water partition coefficient (Wildman–Crippen LogP) is 5.95. The van der Waals surface area contributed by atoms with Gasteiger partial charge < -0.3 is 19.7 Å². The van der Waals surface area contributed by atoms with Crippen LogP contribution in [0.5, 0.6) is 11.5 Å². The highest BCUT2D eigenvalue weighted by molar-refractivity contribution is 6.32. The summed E-state index contributed by atoms with van der Waals surface area (Å²) in [7, 11) is 1.56. The topological polar surface area (TPSA) is 67.9 Å². The zero-order valence-corrected chi connectivity index (χ0v) is 22.1. The number of halogens is 2. The summed E-state index contributed by atoms with van der Waals surface area (Å²) in [6.45, 7) is -0.110. The van der Waals surface area contributed by atoms with Gasteiger partial charge in [0.2, 0.25) is 5.91 Å². The molecule has 200 valence electrons. The quantitative estimate of drug-likeness (QED) is 0.252. The Bertz CT molecular complexity index is 1400. The van der Waals surface area contributed by atoms with Crippen LogP contribution >= 0.6 is 11.6 Å². The van der Waals surface area contributed by atoms with Crippen LogP contribution < -0.4 is 14.8 Å². The summed E-state index contributed by atoms with van der Waals surface area (Å²) in [4.78, 5) is 28.9. The van der Waals surface area contributed by atoms with E-state index >= 15 is 0 Å². The average Bonchev–Trinajstić information content (AvgIpc) is 2.97. The number of nitrogens with one attached hydrogen (secondary N) is 1. The lowest BCUT2D eigenvalue weighted by Crippen LogP contribution is -2.45. The molecule has 0 aromatic heterocycles. The Labute approximate surface area is 231 Å². The maximum atomic E-state index is 13.8. The molecule has 4 aromatic rings. The maximum absolute atomic E-state index is 13.8. The number of ether oxygens (including phenoxy) is 2. The van der Waals surface area contributed by atoms with E-state index in [0.29, 0.717) is 27.6 Å². The minimum absolute atomic E-state index is 0.0482. The number of nitrogens with zero attached hydrogens (tertiary/aromatic N) is 1. The number of carbonyl (C=O) groups is 2. The van der Waals surface area contributed by atoms with Crippen molar-refractivity contribution >= 4 is 23.4 Å². The highest BCUT2D eigenvalue weighted by Gasteiger charge is 2.32. The minimum Gasteiger partial charge on any atom is -0.496 e. The fraction of sp³-hybridized carbons (Fsp3) is 0.161. The van der Waals surface area contributed by atoms with Crippen molar-refractivity contribution in [1.82, 2.24) is 10.2 Å². The average molecular weight is 547 g/mol. The van der Waals surface area contributed by atoms with Crippen molar-refractivity contribution in [3.8, 4) is 11.5 Å². The number of hydrogen-bond donors (Lipinski definition) is 1. The summed E-state index contributed by atoms with van der Waals surface area (Å²) in [6, 6.07) is 28.0. The standard InChI is InChI=1S/C31H28ClFN2O4/c1-38-27-13-7-5-11-24(27)19-34-31(37)30(23-9-3-2-4-10-23)35(20-22-15-17-25(33)18-16-22)29(36)21-39-28-14-8-6-12-26(28)32/h2-18,30H,19-21H2,1H3,(H,34,37). The third-order valence-electron chi connectivity index (χ3n) is 6.10. The third kappa shape index (κ3) is 7.36. The normalized spacial score (nSPS) is 11.4. The summed E-state index contributed by atoms with van der Waals surface area (Å²) in [6.07, 6.45) is 0. The molecule has 6 nitrogen and oxygen atoms in total. The molecule has 0 saturated heterocycles. The highest BCUT2D eigenvalue weighted by atomic mass is 35.5. The predicted molar refractivity (Wildman–Crippen MR) is 148 cm³/mol. The van der Waals surface area contributed by atoms with Crippen molar-refractivity contribution in [2.24, 2.45) is 0 Å². The summed E-state index contributed by atoms with van der Waals surface area (Å²) in [5.41, 5.74) is 2.06. The maximum Gasteiger partial charge on any atom is 0.261 e. The van der Waals surface area contributed by atoms with Gasteiger partial charge >= 0.3 is 0 Å². The van der Waals surface area contributed by atoms with E-state index in [1.54, 1.807) is 67.8 Å². The number of benzene rings is 4. The molecule has 39 heavy (non-hydrogen) atoms. The molecule has 0 bridgehead atoms. The zero-order chi connectivity index (χ0) is 27.6. The van der Waals surface area contributed by atoms with Gasteiger partial charge in [-0.05, 0) is 41.5 Å². The first-order chi connectivity index (χ1) is 19.0. The van der Waals surface area contributed by atoms with Gasteiger partial charge in [-0.1, -0.05) is 84.4 Å². The molecule has 0 heterocycles. The number of amides is 2. The molecular formula is C31H28ClFN2O4. The van der Waals surface area contributed by atoms with E-state index in [1.165, 1.54) is 17.0 Å². The van der Waals surface area contributed by atoms with E-state index < -0.39 is 17.8 Å². The summed E-state index contributed by atoms with van der Waals surface area (Å²) >= 11 is 6.21. The number of rotatable bonds is 11. The molecule has 0 aliphatic heterocycles. The lowest BCUT2D eigenvalue weighted by atomic mass is 10.0. The summed E-state index contributed by atoms with van der Waals surface area (Å²) in [5.74, 6) is -0.235. The molecule has 1 unspecified atom stereocenters. The molecule has 0 aliphatic carbocycles. The number of para-hydroxylation sites is 2. The second-order valence-electron chi connectivity index (χ2n) is 8.71. The van der Waals surface area contributed by atoms with Crippen molar-refractivity contribution in [2.75, 3.05) is 13.7 Å². The van der Waals surface area contributed by atoms with Crippen LogP contribution in [0.3, 0.4) is 0 Å². The fourth-order valence-electron chi connectivity index (χ4n) is 4.13. The monoisotopic (exact) mass is 546 g/mol. The van der Waals surface area contributed by atoms with Crippen molar-refractivity contribution in [3.63, 3.8) is 0 Å². The van der Waals surface area contributed by atoms with Gasteiger partial charge in [0, 0.05) is 18.7 Å². The van der Waals surface area contributed by atoms with Crippen LogP contribution in [0.4, 0.5) is 4.39 Å². The molecule has 2 amide bonds. The Balaban J connectivity index is 1.65. The van der Waals surface area contributed by atoms with Crippen molar-refractivity contribution in [3.05, 3.63) is 131 Å². The Morgan fingerprint density at radius 2 is 1.51 bits per heavy atom. The molecule has 0 radical (unpaired) electrons. The Kier molecular flexibility index (Phi) is 9.53. The van der Waals surface area contributed by atoms with E-state index in [1.807, 2.05) is 30.3 Å². The smallest absolute Gasteiger partial charge is 0.261 e. The first-order valence-corrected chi connectivity index (χ1v) is 12.7. The lowest BCUT2D eigenvalue weighted by Gasteiger charge is -2.31. The van der Waals surface area contributed by atoms with E-state index in [-0.39, 0.29) is 25.6 Å². The van der Waals surface area contributed by atoms with Gasteiger partial charge in [-0.25, -0.2) is 4.39 Å². The Morgan fingerprint density at radius 3 is 2.21 bits per heavy atom. The largest absolute Gasteiger partial charge is 0.496 e. The van der Waals surface area contributed by atoms with Gasteiger partial charge in [-0.2, -0.15) is 0 Å². The molecule has 1 N–H and O–H groups in total. The number of carbonyl (C=O) groups excluding carboxylic acids is 2. The lowest BCUT2D eigenvalue weighted by molar-refractivity contribution is -0.143. The van der Waals surface area contributed by atoms with Crippen LogP contribution in [0, 0.1) is 5.82 Å². The summed E-state index contributed by atoms with van der Waals surface area (Å²) in [5, 5.41) is 3.32. The van der Waals surface area contributed by atoms with Crippen molar-refractivity contribution in [2.45, 2.75) is 19.1 Å². The number of methoxy groups -OCH3 is 1. The van der Waals surface area contributed by atoms with Crippen LogP contribution in [0.25, 0.3) is 0 Å². The first-order valence-electron chi connectivity index (χ1n) is 12.3. The van der Waals surface area contributed by atoms with Gasteiger partial charge in [0.25, 0.3) is 5.91 Å². The van der Waals surface area contributed by atoms with Gasteiger partial charge in [-0.3, -0.25) is 9.59 Å². The van der Waals surface area contributed by atoms with Crippen LogP contribution in [0.1, 0.15) is 22.7 Å². The Hall–Kier alpha value is -4.36. The zero-order valence-electron chi connectivity index (χ0n) is 21.3. The molecule has 8 heteroatoms. The Morgan fingerprint density at radius 1 is 0.872 bits per heavy atom. The fourth-order valence-corrected chi connectivity index (χ4v) is 4.32. The van der Waals surface area contributed by atoms with Gasteiger partial charge in [0.15, 0.2) is 6.61 Å². The van der Waals surface area contributed by atoms with Crippen LogP contribution in [-0.2, 0) is 22.7 Å². The molecule has 4 aromatic carbocycles. The number of hydrogen-bond acceptors (Lipinski definition) is 4. The minimum atomic E-state index is -0.992. The van der Waals surface area contributed by atoms with E-state index in [2.05, 4.69) is 5.32 Å². The van der Waals surface area contributed by atoms with E-state index in [0.717, 1.165) is 5.56 Å². The molecule has 0 spiro atoms. The SMILES string of the molecule is COc1ccccc1CNC(=O)C(c1ccccc1)N(Cc1ccc(F)cc1)C(=O)COc1ccccc1Cl. The molecule has 4 rings (SSSR count).